The number of halogens is 2. The number of amides is 4. The smallest absolute Gasteiger partial charge is 0.305 e. The molecule has 0 fully saturated rings. The molecule has 2 atom stereocenters. The van der Waals surface area contributed by atoms with Gasteiger partial charge in [-0.3, -0.25) is 28.9 Å². The van der Waals surface area contributed by atoms with Gasteiger partial charge in [0.05, 0.1) is 30.4 Å². The molecule has 3 N–H and O–H groups in total. The molecule has 1 heterocycles. The van der Waals surface area contributed by atoms with Crippen molar-refractivity contribution in [2.24, 2.45) is 0 Å². The molecule has 0 bridgehead atoms. The van der Waals surface area contributed by atoms with E-state index in [1.807, 2.05) is 0 Å². The van der Waals surface area contributed by atoms with E-state index < -0.39 is 54.6 Å². The number of para-hydroxylation sites is 2. The molecule has 1 aliphatic heterocycles. The number of carboxylic acid groups (broad SMARTS) is 1. The number of aldehydes is 1. The maximum Gasteiger partial charge on any atom is 0.305 e. The third-order valence-corrected chi connectivity index (χ3v) is 6.61. The highest BCUT2D eigenvalue weighted by atomic mass is 35.5. The molecule has 4 amide bonds. The fourth-order valence-corrected chi connectivity index (χ4v) is 4.38. The van der Waals surface area contributed by atoms with E-state index in [9.17, 15) is 28.8 Å². The summed E-state index contributed by atoms with van der Waals surface area (Å²) in [7, 11) is 0. The van der Waals surface area contributed by atoms with Crippen LogP contribution in [-0.2, 0) is 24.0 Å². The van der Waals surface area contributed by atoms with E-state index in [0.717, 1.165) is 4.90 Å². The standard InChI is InChI=1S/C25H24Cl2N4O7/c1-13-17(26)7-15(8-18(13)27)24(37)29-19-10-30(14(2)33)20-5-3-4-6-21(20)31(25(19)38)11-22(34)28-16(12-32)9-23(35)36/h3-8,12,16,19H,9-11H2,1-2H3,(H,28,34)(H,29,37)(H,35,36). The lowest BCUT2D eigenvalue weighted by molar-refractivity contribution is -0.139. The number of hydrogen-bond acceptors (Lipinski definition) is 6. The lowest BCUT2D eigenvalue weighted by Gasteiger charge is -2.25. The van der Waals surface area contributed by atoms with Crippen LogP contribution in [0.5, 0.6) is 0 Å². The molecule has 38 heavy (non-hydrogen) atoms. The van der Waals surface area contributed by atoms with E-state index in [0.29, 0.717) is 11.3 Å². The number of hydrogen-bond donors (Lipinski definition) is 3. The first-order chi connectivity index (χ1) is 17.9. The molecule has 0 saturated heterocycles. The molecular weight excluding hydrogens is 539 g/mol. The van der Waals surface area contributed by atoms with Gasteiger partial charge in [0.2, 0.25) is 11.8 Å². The molecule has 0 radical (unpaired) electrons. The molecule has 1 aliphatic rings. The predicted octanol–water partition coefficient (Wildman–Crippen LogP) is 1.96. The van der Waals surface area contributed by atoms with E-state index in [1.165, 1.54) is 30.0 Å². The topological polar surface area (TPSA) is 153 Å². The molecule has 0 saturated carbocycles. The summed E-state index contributed by atoms with van der Waals surface area (Å²) in [6.45, 7) is 2.12. The molecule has 11 nitrogen and oxygen atoms in total. The van der Waals surface area contributed by atoms with Crippen LogP contribution < -0.4 is 20.4 Å². The van der Waals surface area contributed by atoms with Gasteiger partial charge >= 0.3 is 5.97 Å². The first-order valence-corrected chi connectivity index (χ1v) is 12.1. The van der Waals surface area contributed by atoms with E-state index >= 15 is 0 Å². The SMILES string of the molecule is CC(=O)N1CC(NC(=O)c2cc(Cl)c(C)c(Cl)c2)C(=O)N(CC(=O)NC(C=O)CC(=O)O)c2ccccc21. The summed E-state index contributed by atoms with van der Waals surface area (Å²) in [5.74, 6) is -3.93. The summed E-state index contributed by atoms with van der Waals surface area (Å²) in [4.78, 5) is 76.6. The number of aliphatic carboxylic acids is 1. The summed E-state index contributed by atoms with van der Waals surface area (Å²) >= 11 is 12.3. The van der Waals surface area contributed by atoms with Crippen LogP contribution in [0.4, 0.5) is 11.4 Å². The van der Waals surface area contributed by atoms with Gasteiger partial charge in [-0.2, -0.15) is 0 Å². The van der Waals surface area contributed by atoms with Gasteiger partial charge in [-0.05, 0) is 36.8 Å². The van der Waals surface area contributed by atoms with Gasteiger partial charge in [0.25, 0.3) is 11.8 Å². The van der Waals surface area contributed by atoms with Gasteiger partial charge in [-0.1, -0.05) is 35.3 Å². The fourth-order valence-electron chi connectivity index (χ4n) is 3.89. The summed E-state index contributed by atoms with van der Waals surface area (Å²) in [6.07, 6.45) is -0.360. The minimum atomic E-state index is -1.31. The van der Waals surface area contributed by atoms with Gasteiger partial charge in [0.15, 0.2) is 0 Å². The first kappa shape index (κ1) is 28.6. The Balaban J connectivity index is 1.96. The van der Waals surface area contributed by atoms with Crippen LogP contribution in [-0.4, -0.2) is 66.2 Å². The maximum absolute atomic E-state index is 13.7. The number of benzene rings is 2. The second kappa shape index (κ2) is 12.1. The van der Waals surface area contributed by atoms with E-state index in [-0.39, 0.29) is 34.1 Å². The Hall–Kier alpha value is -3.96. The van der Waals surface area contributed by atoms with Crippen LogP contribution in [0.15, 0.2) is 36.4 Å². The first-order valence-electron chi connectivity index (χ1n) is 11.3. The van der Waals surface area contributed by atoms with Crippen molar-refractivity contribution in [3.63, 3.8) is 0 Å². The maximum atomic E-state index is 13.7. The Morgan fingerprint density at radius 1 is 1.13 bits per heavy atom. The average Bonchev–Trinajstić information content (AvgIpc) is 2.96. The van der Waals surface area contributed by atoms with Crippen molar-refractivity contribution in [1.82, 2.24) is 10.6 Å². The Bertz CT molecular complexity index is 1290. The van der Waals surface area contributed by atoms with Crippen LogP contribution in [0.3, 0.4) is 0 Å². The Morgan fingerprint density at radius 3 is 2.29 bits per heavy atom. The fraction of sp³-hybridized carbons (Fsp3) is 0.280. The summed E-state index contributed by atoms with van der Waals surface area (Å²) < 4.78 is 0. The normalized spacial score (nSPS) is 15.7. The van der Waals surface area contributed by atoms with Crippen molar-refractivity contribution >= 4 is 70.5 Å². The van der Waals surface area contributed by atoms with E-state index in [2.05, 4.69) is 10.6 Å². The van der Waals surface area contributed by atoms with Crippen LogP contribution >= 0.6 is 23.2 Å². The van der Waals surface area contributed by atoms with Crippen molar-refractivity contribution < 1.29 is 33.9 Å². The van der Waals surface area contributed by atoms with Gasteiger partial charge in [0.1, 0.15) is 18.9 Å². The van der Waals surface area contributed by atoms with Crippen molar-refractivity contribution in [2.45, 2.75) is 32.4 Å². The van der Waals surface area contributed by atoms with Crippen molar-refractivity contribution in [3.05, 3.63) is 57.6 Å². The number of carbonyl (C=O) groups is 6. The van der Waals surface area contributed by atoms with Gasteiger partial charge in [0, 0.05) is 22.5 Å². The lowest BCUT2D eigenvalue weighted by atomic mass is 10.1. The van der Waals surface area contributed by atoms with E-state index in [4.69, 9.17) is 28.3 Å². The van der Waals surface area contributed by atoms with Gasteiger partial charge in [-0.25, -0.2) is 0 Å². The highest BCUT2D eigenvalue weighted by Gasteiger charge is 2.37. The summed E-state index contributed by atoms with van der Waals surface area (Å²) in [5.41, 5.74) is 1.18. The minimum Gasteiger partial charge on any atom is -0.481 e. The summed E-state index contributed by atoms with van der Waals surface area (Å²) in [5, 5.41) is 14.3. The molecule has 0 spiro atoms. The molecule has 13 heteroatoms. The van der Waals surface area contributed by atoms with Gasteiger partial charge in [-0.15, -0.1) is 0 Å². The molecule has 200 valence electrons. The molecule has 2 aromatic rings. The van der Waals surface area contributed by atoms with Crippen molar-refractivity contribution in [1.29, 1.82) is 0 Å². The van der Waals surface area contributed by atoms with Gasteiger partial charge < -0.3 is 25.4 Å². The van der Waals surface area contributed by atoms with Crippen molar-refractivity contribution in [3.8, 4) is 0 Å². The number of nitrogens with zero attached hydrogens (tertiary/aromatic N) is 2. The highest BCUT2D eigenvalue weighted by Crippen LogP contribution is 2.33. The molecular formula is C25H24Cl2N4O7. The van der Waals surface area contributed by atoms with Crippen LogP contribution in [0, 0.1) is 6.92 Å². The summed E-state index contributed by atoms with van der Waals surface area (Å²) in [6, 6.07) is 6.54. The number of rotatable bonds is 8. The average molecular weight is 563 g/mol. The number of carbonyl (C=O) groups excluding carboxylic acids is 5. The Kier molecular flexibility index (Phi) is 9.08. The largest absolute Gasteiger partial charge is 0.481 e. The molecule has 2 aromatic carbocycles. The quantitative estimate of drug-likeness (QED) is 0.415. The molecule has 3 rings (SSSR count). The number of anilines is 2. The minimum absolute atomic E-state index is 0.0846. The molecule has 2 unspecified atom stereocenters. The van der Waals surface area contributed by atoms with Crippen LogP contribution in [0.25, 0.3) is 0 Å². The Morgan fingerprint density at radius 2 is 1.74 bits per heavy atom. The number of nitrogens with one attached hydrogen (secondary N) is 2. The third-order valence-electron chi connectivity index (χ3n) is 5.83. The van der Waals surface area contributed by atoms with Crippen LogP contribution in [0.2, 0.25) is 10.0 Å². The second-order valence-electron chi connectivity index (χ2n) is 8.54. The molecule has 0 aliphatic carbocycles. The lowest BCUT2D eigenvalue weighted by Crippen LogP contribution is -2.54. The zero-order valence-corrected chi connectivity index (χ0v) is 21.9. The van der Waals surface area contributed by atoms with Crippen LogP contribution in [0.1, 0.15) is 29.3 Å². The number of fused-ring (bicyclic) bond motifs is 1. The zero-order valence-electron chi connectivity index (χ0n) is 20.4. The third kappa shape index (κ3) is 6.48. The monoisotopic (exact) mass is 562 g/mol. The molecule has 0 aromatic heterocycles. The zero-order chi connectivity index (χ0) is 28.1. The predicted molar refractivity (Wildman–Crippen MR) is 140 cm³/mol. The van der Waals surface area contributed by atoms with E-state index in [1.54, 1.807) is 25.1 Å². The Labute approximate surface area is 227 Å². The highest BCUT2D eigenvalue weighted by molar-refractivity contribution is 6.36. The number of carboxylic acids is 1. The second-order valence-corrected chi connectivity index (χ2v) is 9.36. The van der Waals surface area contributed by atoms with Crippen molar-refractivity contribution in [2.75, 3.05) is 22.9 Å².